The number of nitro benzene ring substituents is 1. The normalized spacial score (nSPS) is 10.7. The van der Waals surface area contributed by atoms with Gasteiger partial charge in [0.1, 0.15) is 0 Å². The molecule has 6 nitrogen and oxygen atoms in total. The minimum Gasteiger partial charge on any atom is -0.398 e. The third-order valence-electron chi connectivity index (χ3n) is 3.19. The Kier molecular flexibility index (Phi) is 5.57. The molecule has 19 heavy (non-hydrogen) atoms. The van der Waals surface area contributed by atoms with E-state index in [-0.39, 0.29) is 18.3 Å². The van der Waals surface area contributed by atoms with Gasteiger partial charge in [-0.1, -0.05) is 13.8 Å². The van der Waals surface area contributed by atoms with Crippen LogP contribution in [0.2, 0.25) is 0 Å². The number of nitrogens with two attached hydrogens (primary N) is 1. The van der Waals surface area contributed by atoms with E-state index in [1.807, 2.05) is 4.90 Å². The molecular formula is C13H21N3O3. The van der Waals surface area contributed by atoms with Crippen LogP contribution in [0.25, 0.3) is 0 Å². The largest absolute Gasteiger partial charge is 0.398 e. The maximum Gasteiger partial charge on any atom is 0.273 e. The van der Waals surface area contributed by atoms with Crippen LogP contribution in [0.4, 0.5) is 17.1 Å². The standard InChI is InChI=1S/C13H21N3O3/c1-3-11(4-2)15(5-6-17)12-7-10(14)8-13(9-12)16(18)19/h7-9,11,17H,3-6,14H2,1-2H3. The number of anilines is 2. The van der Waals surface area contributed by atoms with E-state index >= 15 is 0 Å². The number of aliphatic hydroxyl groups excluding tert-OH is 1. The van der Waals surface area contributed by atoms with Crippen molar-refractivity contribution in [2.24, 2.45) is 0 Å². The fourth-order valence-corrected chi connectivity index (χ4v) is 2.25. The van der Waals surface area contributed by atoms with E-state index < -0.39 is 4.92 Å². The topological polar surface area (TPSA) is 92.6 Å². The molecule has 0 aliphatic rings. The highest BCUT2D eigenvalue weighted by Gasteiger charge is 2.18. The molecule has 1 rings (SSSR count). The Morgan fingerprint density at radius 2 is 2.00 bits per heavy atom. The summed E-state index contributed by atoms with van der Waals surface area (Å²) in [5, 5.41) is 20.1. The highest BCUT2D eigenvalue weighted by atomic mass is 16.6. The summed E-state index contributed by atoms with van der Waals surface area (Å²) in [6, 6.07) is 4.78. The van der Waals surface area contributed by atoms with E-state index in [0.717, 1.165) is 12.8 Å². The van der Waals surface area contributed by atoms with Gasteiger partial charge in [-0.05, 0) is 18.9 Å². The van der Waals surface area contributed by atoms with Gasteiger partial charge in [-0.25, -0.2) is 0 Å². The van der Waals surface area contributed by atoms with Crippen molar-refractivity contribution in [1.29, 1.82) is 0 Å². The zero-order valence-corrected chi connectivity index (χ0v) is 11.4. The molecule has 0 spiro atoms. The predicted molar refractivity (Wildman–Crippen MR) is 76.3 cm³/mol. The summed E-state index contributed by atoms with van der Waals surface area (Å²) in [5.41, 5.74) is 6.75. The summed E-state index contributed by atoms with van der Waals surface area (Å²) in [6.45, 7) is 4.55. The van der Waals surface area contributed by atoms with Crippen LogP contribution in [-0.4, -0.2) is 29.2 Å². The van der Waals surface area contributed by atoms with Gasteiger partial charge in [0.05, 0.1) is 11.5 Å². The summed E-state index contributed by atoms with van der Waals surface area (Å²) < 4.78 is 0. The highest BCUT2D eigenvalue weighted by molar-refractivity contribution is 5.63. The van der Waals surface area contributed by atoms with E-state index in [0.29, 0.717) is 17.9 Å². The Balaban J connectivity index is 3.17. The first-order valence-corrected chi connectivity index (χ1v) is 6.45. The van der Waals surface area contributed by atoms with E-state index in [4.69, 9.17) is 5.73 Å². The lowest BCUT2D eigenvalue weighted by molar-refractivity contribution is -0.384. The maximum atomic E-state index is 10.9. The number of hydrogen-bond donors (Lipinski definition) is 2. The molecule has 0 bridgehead atoms. The Hall–Kier alpha value is -1.82. The van der Waals surface area contributed by atoms with Gasteiger partial charge in [-0.3, -0.25) is 10.1 Å². The minimum absolute atomic E-state index is 0.000896. The van der Waals surface area contributed by atoms with Gasteiger partial charge >= 0.3 is 0 Å². The number of non-ortho nitro benzene ring substituents is 1. The van der Waals surface area contributed by atoms with Crippen molar-refractivity contribution in [3.63, 3.8) is 0 Å². The Bertz CT molecular complexity index is 433. The van der Waals surface area contributed by atoms with Crippen LogP contribution >= 0.6 is 0 Å². The van der Waals surface area contributed by atoms with Crippen molar-refractivity contribution in [2.45, 2.75) is 32.7 Å². The number of nitrogen functional groups attached to an aromatic ring is 1. The lowest BCUT2D eigenvalue weighted by atomic mass is 10.1. The lowest BCUT2D eigenvalue weighted by Gasteiger charge is -2.32. The predicted octanol–water partition coefficient (Wildman–Crippen LogP) is 2.16. The molecule has 1 aromatic rings. The summed E-state index contributed by atoms with van der Waals surface area (Å²) in [4.78, 5) is 12.4. The molecule has 0 aliphatic heterocycles. The first kappa shape index (κ1) is 15.2. The quantitative estimate of drug-likeness (QED) is 0.448. The molecule has 0 aromatic heterocycles. The van der Waals surface area contributed by atoms with Crippen molar-refractivity contribution in [3.05, 3.63) is 28.3 Å². The molecule has 0 amide bonds. The zero-order chi connectivity index (χ0) is 14.4. The van der Waals surface area contributed by atoms with Crippen molar-refractivity contribution < 1.29 is 10.0 Å². The molecular weight excluding hydrogens is 246 g/mol. The third kappa shape index (κ3) is 3.82. The molecule has 0 radical (unpaired) electrons. The van der Waals surface area contributed by atoms with Crippen molar-refractivity contribution in [1.82, 2.24) is 0 Å². The fourth-order valence-electron chi connectivity index (χ4n) is 2.25. The fraction of sp³-hybridized carbons (Fsp3) is 0.538. The molecule has 1 aromatic carbocycles. The molecule has 0 saturated heterocycles. The van der Waals surface area contributed by atoms with Crippen LogP contribution in [0, 0.1) is 10.1 Å². The summed E-state index contributed by atoms with van der Waals surface area (Å²) >= 11 is 0. The number of benzene rings is 1. The van der Waals surface area contributed by atoms with Gasteiger partial charge in [0.25, 0.3) is 5.69 Å². The number of nitrogens with zero attached hydrogens (tertiary/aromatic N) is 2. The van der Waals surface area contributed by atoms with Crippen molar-refractivity contribution >= 4 is 17.1 Å². The van der Waals surface area contributed by atoms with Crippen LogP contribution in [0.15, 0.2) is 18.2 Å². The van der Waals surface area contributed by atoms with Crippen LogP contribution in [0.5, 0.6) is 0 Å². The molecule has 0 unspecified atom stereocenters. The minimum atomic E-state index is -0.454. The molecule has 106 valence electrons. The highest BCUT2D eigenvalue weighted by Crippen LogP contribution is 2.28. The number of aliphatic hydroxyl groups is 1. The molecule has 3 N–H and O–H groups in total. The molecule has 0 heterocycles. The summed E-state index contributed by atoms with van der Waals surface area (Å²) in [5.74, 6) is 0. The molecule has 0 aliphatic carbocycles. The SMILES string of the molecule is CCC(CC)N(CCO)c1cc(N)cc([N+](=O)[O-])c1. The first-order valence-electron chi connectivity index (χ1n) is 6.45. The lowest BCUT2D eigenvalue weighted by Crippen LogP contribution is -2.36. The van der Waals surface area contributed by atoms with Gasteiger partial charge in [0, 0.05) is 36.1 Å². The van der Waals surface area contributed by atoms with E-state index in [1.165, 1.54) is 12.1 Å². The second-order valence-electron chi connectivity index (χ2n) is 4.43. The van der Waals surface area contributed by atoms with Gasteiger partial charge in [0.15, 0.2) is 0 Å². The van der Waals surface area contributed by atoms with Gasteiger partial charge in [0.2, 0.25) is 0 Å². The van der Waals surface area contributed by atoms with Crippen LogP contribution in [0.1, 0.15) is 26.7 Å². The first-order chi connectivity index (χ1) is 9.03. The summed E-state index contributed by atoms with van der Waals surface area (Å²) in [7, 11) is 0. The van der Waals surface area contributed by atoms with Gasteiger partial charge < -0.3 is 15.7 Å². The van der Waals surface area contributed by atoms with Gasteiger partial charge in [-0.15, -0.1) is 0 Å². The van der Waals surface area contributed by atoms with Crippen LogP contribution < -0.4 is 10.6 Å². The Morgan fingerprint density at radius 1 is 1.37 bits per heavy atom. The average Bonchev–Trinajstić information content (AvgIpc) is 2.38. The smallest absolute Gasteiger partial charge is 0.273 e. The molecule has 6 heteroatoms. The molecule has 0 atom stereocenters. The van der Waals surface area contributed by atoms with Crippen LogP contribution in [0.3, 0.4) is 0 Å². The monoisotopic (exact) mass is 267 g/mol. The maximum absolute atomic E-state index is 10.9. The second-order valence-corrected chi connectivity index (χ2v) is 4.43. The molecule has 0 saturated carbocycles. The van der Waals surface area contributed by atoms with E-state index in [9.17, 15) is 15.2 Å². The second kappa shape index (κ2) is 6.94. The van der Waals surface area contributed by atoms with Crippen LogP contribution in [-0.2, 0) is 0 Å². The van der Waals surface area contributed by atoms with Gasteiger partial charge in [-0.2, -0.15) is 0 Å². The number of nitro groups is 1. The molecule has 0 fully saturated rings. The average molecular weight is 267 g/mol. The number of hydrogen-bond acceptors (Lipinski definition) is 5. The van der Waals surface area contributed by atoms with Crippen molar-refractivity contribution in [2.75, 3.05) is 23.8 Å². The third-order valence-corrected chi connectivity index (χ3v) is 3.19. The Morgan fingerprint density at radius 3 is 2.47 bits per heavy atom. The Labute approximate surface area is 113 Å². The summed E-state index contributed by atoms with van der Waals surface area (Å²) in [6.07, 6.45) is 1.80. The van der Waals surface area contributed by atoms with E-state index in [1.54, 1.807) is 6.07 Å². The van der Waals surface area contributed by atoms with E-state index in [2.05, 4.69) is 13.8 Å². The zero-order valence-electron chi connectivity index (χ0n) is 11.4. The van der Waals surface area contributed by atoms with Crippen molar-refractivity contribution in [3.8, 4) is 0 Å². The number of rotatable bonds is 7.